The average Bonchev–Trinajstić information content (AvgIpc) is 2.58. The van der Waals surface area contributed by atoms with Crippen LogP contribution < -0.4 is 5.73 Å². The molecule has 2 nitrogen and oxygen atoms in total. The van der Waals surface area contributed by atoms with E-state index in [4.69, 9.17) is 18.0 Å². The molecule has 0 bridgehead atoms. The highest BCUT2D eigenvalue weighted by atomic mass is 79.9. The zero-order valence-corrected chi connectivity index (χ0v) is 12.6. The summed E-state index contributed by atoms with van der Waals surface area (Å²) in [4.78, 5) is 2.96. The Hall–Kier alpha value is 0.0300. The molecule has 0 aliphatic rings. The number of thiocarbonyl (C=S) groups is 1. The summed E-state index contributed by atoms with van der Waals surface area (Å²) in [5.41, 5.74) is 6.82. The number of unbranched alkanes of at least 4 members (excludes halogenated alkanes) is 1. The molecule has 2 N–H and O–H groups in total. The molecule has 90 valence electrons. The van der Waals surface area contributed by atoms with E-state index in [-0.39, 0.29) is 0 Å². The van der Waals surface area contributed by atoms with Gasteiger partial charge in [-0.25, -0.2) is 0 Å². The molecule has 1 heterocycles. The molecule has 1 rings (SSSR count). The second-order valence-electron chi connectivity index (χ2n) is 3.92. The minimum atomic E-state index is 0.629. The van der Waals surface area contributed by atoms with Gasteiger partial charge in [0.2, 0.25) is 0 Å². The summed E-state index contributed by atoms with van der Waals surface area (Å²) in [5.74, 6) is 0. The van der Waals surface area contributed by atoms with E-state index in [2.05, 4.69) is 39.3 Å². The number of thiophene rings is 1. The van der Waals surface area contributed by atoms with Crippen molar-refractivity contribution in [2.45, 2.75) is 25.8 Å². The molecule has 0 spiro atoms. The lowest BCUT2D eigenvalue weighted by molar-refractivity contribution is 0.320. The molecule has 16 heavy (non-hydrogen) atoms. The first-order valence-electron chi connectivity index (χ1n) is 5.27. The van der Waals surface area contributed by atoms with Gasteiger partial charge in [-0.1, -0.05) is 12.2 Å². The van der Waals surface area contributed by atoms with Crippen LogP contribution in [0.3, 0.4) is 0 Å². The van der Waals surface area contributed by atoms with Gasteiger partial charge in [-0.3, -0.25) is 0 Å². The van der Waals surface area contributed by atoms with Crippen LogP contribution >= 0.6 is 39.5 Å². The third kappa shape index (κ3) is 5.94. The Morgan fingerprint density at radius 2 is 2.31 bits per heavy atom. The Kier molecular flexibility index (Phi) is 6.49. The normalized spacial score (nSPS) is 10.9. The Labute approximate surface area is 115 Å². The second-order valence-corrected chi connectivity index (χ2v) is 6.74. The van der Waals surface area contributed by atoms with Crippen LogP contribution in [0.5, 0.6) is 0 Å². The van der Waals surface area contributed by atoms with Gasteiger partial charge >= 0.3 is 0 Å². The molecule has 1 aromatic heterocycles. The first-order chi connectivity index (χ1) is 7.58. The topological polar surface area (TPSA) is 29.3 Å². The number of rotatable bonds is 7. The Morgan fingerprint density at radius 3 is 2.88 bits per heavy atom. The molecule has 0 saturated carbocycles. The summed E-state index contributed by atoms with van der Waals surface area (Å²) >= 11 is 10.1. The van der Waals surface area contributed by atoms with E-state index in [0.717, 1.165) is 32.4 Å². The van der Waals surface area contributed by atoms with Crippen LogP contribution in [0.15, 0.2) is 15.2 Å². The summed E-state index contributed by atoms with van der Waals surface area (Å²) in [7, 11) is 2.15. The molecule has 0 aromatic carbocycles. The Morgan fingerprint density at radius 1 is 1.56 bits per heavy atom. The maximum Gasteiger partial charge on any atom is 0.0727 e. The zero-order chi connectivity index (χ0) is 12.0. The Balaban J connectivity index is 2.16. The van der Waals surface area contributed by atoms with Crippen molar-refractivity contribution in [2.24, 2.45) is 5.73 Å². The number of nitrogens with two attached hydrogens (primary N) is 1. The van der Waals surface area contributed by atoms with Gasteiger partial charge in [0, 0.05) is 6.54 Å². The fourth-order valence-electron chi connectivity index (χ4n) is 1.50. The van der Waals surface area contributed by atoms with E-state index >= 15 is 0 Å². The molecule has 0 radical (unpaired) electrons. The average molecular weight is 321 g/mol. The van der Waals surface area contributed by atoms with Crippen molar-refractivity contribution in [1.29, 1.82) is 0 Å². The van der Waals surface area contributed by atoms with Gasteiger partial charge in [-0.15, -0.1) is 11.3 Å². The third-order valence-electron chi connectivity index (χ3n) is 2.29. The molecule has 0 aliphatic heterocycles. The summed E-state index contributed by atoms with van der Waals surface area (Å²) in [6.07, 6.45) is 3.11. The van der Waals surface area contributed by atoms with Crippen molar-refractivity contribution >= 4 is 44.5 Å². The van der Waals surface area contributed by atoms with E-state index in [1.54, 1.807) is 11.3 Å². The largest absolute Gasteiger partial charge is 0.393 e. The molecule has 0 aliphatic carbocycles. The molecule has 0 amide bonds. The van der Waals surface area contributed by atoms with E-state index in [1.807, 2.05) is 0 Å². The lowest BCUT2D eigenvalue weighted by Crippen LogP contribution is -2.19. The van der Waals surface area contributed by atoms with E-state index in [1.165, 1.54) is 9.35 Å². The van der Waals surface area contributed by atoms with Crippen LogP contribution in [-0.2, 0) is 6.54 Å². The van der Waals surface area contributed by atoms with E-state index < -0.39 is 0 Å². The highest BCUT2D eigenvalue weighted by Gasteiger charge is 2.02. The predicted molar refractivity (Wildman–Crippen MR) is 79.0 cm³/mol. The smallest absolute Gasteiger partial charge is 0.0727 e. The van der Waals surface area contributed by atoms with Gasteiger partial charge in [0.15, 0.2) is 0 Å². The molecular formula is C11H17BrN2S2. The van der Waals surface area contributed by atoms with Crippen LogP contribution in [0.2, 0.25) is 0 Å². The fraction of sp³-hybridized carbons (Fsp3) is 0.545. The quantitative estimate of drug-likeness (QED) is 0.616. The summed E-state index contributed by atoms with van der Waals surface area (Å²) in [5, 5.41) is 2.19. The number of nitrogens with zero attached hydrogens (tertiary/aromatic N) is 1. The first-order valence-corrected chi connectivity index (χ1v) is 7.36. The number of halogens is 1. The fourth-order valence-corrected chi connectivity index (χ4v) is 2.85. The molecule has 5 heteroatoms. The van der Waals surface area contributed by atoms with Gasteiger partial charge in [0.25, 0.3) is 0 Å². The molecule has 0 atom stereocenters. The van der Waals surface area contributed by atoms with Crippen molar-refractivity contribution in [3.8, 4) is 0 Å². The van der Waals surface area contributed by atoms with Gasteiger partial charge in [-0.2, -0.15) is 0 Å². The van der Waals surface area contributed by atoms with Crippen LogP contribution in [-0.4, -0.2) is 23.5 Å². The number of hydrogen-bond acceptors (Lipinski definition) is 3. The maximum atomic E-state index is 5.45. The minimum absolute atomic E-state index is 0.629. The summed E-state index contributed by atoms with van der Waals surface area (Å²) < 4.78 is 1.20. The minimum Gasteiger partial charge on any atom is -0.393 e. The molecule has 1 aromatic rings. The van der Waals surface area contributed by atoms with Gasteiger partial charge in [0.05, 0.1) is 8.77 Å². The van der Waals surface area contributed by atoms with E-state index in [9.17, 15) is 0 Å². The Bertz CT molecular complexity index is 338. The highest BCUT2D eigenvalue weighted by Crippen LogP contribution is 2.21. The van der Waals surface area contributed by atoms with Crippen molar-refractivity contribution in [1.82, 2.24) is 4.90 Å². The molecule has 0 unspecified atom stereocenters. The SMILES string of the molecule is CN(CCCCC(N)=S)Cc1csc(Br)c1. The second kappa shape index (κ2) is 7.37. The molecule has 0 saturated heterocycles. The van der Waals surface area contributed by atoms with Crippen LogP contribution in [0.25, 0.3) is 0 Å². The lowest BCUT2D eigenvalue weighted by atomic mass is 10.2. The van der Waals surface area contributed by atoms with Crippen molar-refractivity contribution < 1.29 is 0 Å². The van der Waals surface area contributed by atoms with Gasteiger partial charge < -0.3 is 10.6 Å². The van der Waals surface area contributed by atoms with Gasteiger partial charge in [0.1, 0.15) is 0 Å². The predicted octanol–water partition coefficient (Wildman–Crippen LogP) is 3.40. The standard InChI is InChI=1S/C11H17BrN2S2/c1-14(5-3-2-4-11(13)15)7-9-6-10(12)16-8-9/h6,8H,2-5,7H2,1H3,(H2,13,15). The number of hydrogen-bond donors (Lipinski definition) is 1. The van der Waals surface area contributed by atoms with E-state index in [0.29, 0.717) is 4.99 Å². The van der Waals surface area contributed by atoms with Crippen LogP contribution in [0.1, 0.15) is 24.8 Å². The highest BCUT2D eigenvalue weighted by molar-refractivity contribution is 9.11. The van der Waals surface area contributed by atoms with Gasteiger partial charge in [-0.05, 0) is 65.8 Å². The zero-order valence-electron chi connectivity index (χ0n) is 9.41. The van der Waals surface area contributed by atoms with Crippen molar-refractivity contribution in [3.63, 3.8) is 0 Å². The molecule has 0 fully saturated rings. The summed E-state index contributed by atoms with van der Waals surface area (Å²) in [6.45, 7) is 2.10. The van der Waals surface area contributed by atoms with Crippen LogP contribution in [0, 0.1) is 0 Å². The van der Waals surface area contributed by atoms with Crippen molar-refractivity contribution in [2.75, 3.05) is 13.6 Å². The monoisotopic (exact) mass is 320 g/mol. The maximum absolute atomic E-state index is 5.45. The van der Waals surface area contributed by atoms with Crippen LogP contribution in [0.4, 0.5) is 0 Å². The summed E-state index contributed by atoms with van der Waals surface area (Å²) in [6, 6.07) is 2.18. The van der Waals surface area contributed by atoms with Crippen molar-refractivity contribution in [3.05, 3.63) is 20.8 Å². The third-order valence-corrected chi connectivity index (χ3v) is 4.04. The lowest BCUT2D eigenvalue weighted by Gasteiger charge is -2.15. The molecular weight excluding hydrogens is 304 g/mol. The first kappa shape index (κ1) is 14.1.